The zero-order chi connectivity index (χ0) is 13.1. The van der Waals surface area contributed by atoms with E-state index in [2.05, 4.69) is 27.8 Å². The van der Waals surface area contributed by atoms with Crippen molar-refractivity contribution >= 4 is 39.1 Å². The van der Waals surface area contributed by atoms with Crippen molar-refractivity contribution in [2.24, 2.45) is 0 Å². The van der Waals surface area contributed by atoms with Crippen molar-refractivity contribution in [3.05, 3.63) is 63.3 Å². The quantitative estimate of drug-likeness (QED) is 0.662. The van der Waals surface area contributed by atoms with Gasteiger partial charge < -0.3 is 0 Å². The minimum atomic E-state index is -0.173. The Balaban J connectivity index is 2.31. The smallest absolute Gasteiger partial charge is 0.0677 e. The zero-order valence-electron chi connectivity index (χ0n) is 9.78. The summed E-state index contributed by atoms with van der Waals surface area (Å²) in [5.41, 5.74) is 1.96. The molecule has 1 heterocycles. The molecule has 0 saturated carbocycles. The molecule has 2 unspecified atom stereocenters. The van der Waals surface area contributed by atoms with Gasteiger partial charge in [-0.15, -0.1) is 11.6 Å². The van der Waals surface area contributed by atoms with Gasteiger partial charge in [0.15, 0.2) is 0 Å². The lowest BCUT2D eigenvalue weighted by molar-refractivity contribution is 0.704. The van der Waals surface area contributed by atoms with E-state index in [1.807, 2.05) is 36.4 Å². The van der Waals surface area contributed by atoms with E-state index >= 15 is 0 Å². The van der Waals surface area contributed by atoms with Crippen LogP contribution in [0, 0.1) is 0 Å². The third kappa shape index (κ3) is 3.05. The van der Waals surface area contributed by atoms with Crippen molar-refractivity contribution < 1.29 is 0 Å². The maximum atomic E-state index is 6.54. The molecule has 0 aliphatic heterocycles. The Kier molecular flexibility index (Phi) is 4.66. The molecule has 2 aromatic rings. The Labute approximate surface area is 125 Å². The molecule has 1 aromatic carbocycles. The fourth-order valence-corrected chi connectivity index (χ4v) is 2.91. The molecule has 94 valence electrons. The van der Waals surface area contributed by atoms with E-state index in [1.54, 1.807) is 6.20 Å². The molecular weight excluding hydrogens is 333 g/mol. The summed E-state index contributed by atoms with van der Waals surface area (Å²) in [6.07, 6.45) is 1.78. The highest BCUT2D eigenvalue weighted by atomic mass is 79.9. The van der Waals surface area contributed by atoms with E-state index in [9.17, 15) is 0 Å². The van der Waals surface area contributed by atoms with Crippen LogP contribution >= 0.6 is 39.1 Å². The van der Waals surface area contributed by atoms with E-state index in [0.29, 0.717) is 5.02 Å². The second kappa shape index (κ2) is 6.05. The Morgan fingerprint density at radius 2 is 2.00 bits per heavy atom. The molecule has 0 fully saturated rings. The minimum Gasteiger partial charge on any atom is -0.261 e. The fourth-order valence-electron chi connectivity index (χ4n) is 1.79. The SMILES string of the molecule is CC(c1ccccn1)C(Cl)c1cc(Cl)ccc1Br. The van der Waals surface area contributed by atoms with Crippen molar-refractivity contribution in [2.75, 3.05) is 0 Å². The molecule has 1 aromatic heterocycles. The van der Waals surface area contributed by atoms with Gasteiger partial charge in [0.2, 0.25) is 0 Å². The van der Waals surface area contributed by atoms with Crippen LogP contribution in [-0.2, 0) is 0 Å². The number of hydrogen-bond donors (Lipinski definition) is 0. The van der Waals surface area contributed by atoms with Gasteiger partial charge in [0, 0.05) is 27.3 Å². The summed E-state index contributed by atoms with van der Waals surface area (Å²) in [4.78, 5) is 4.34. The Hall–Kier alpha value is -0.570. The molecule has 2 atom stereocenters. The molecule has 0 aliphatic rings. The molecule has 0 bridgehead atoms. The molecule has 18 heavy (non-hydrogen) atoms. The Morgan fingerprint density at radius 1 is 1.22 bits per heavy atom. The first-order valence-corrected chi connectivity index (χ1v) is 7.20. The number of rotatable bonds is 3. The number of pyridine rings is 1. The van der Waals surface area contributed by atoms with Gasteiger partial charge in [-0.3, -0.25) is 4.98 Å². The summed E-state index contributed by atoms with van der Waals surface area (Å²) in [5.74, 6) is 0.114. The lowest BCUT2D eigenvalue weighted by Gasteiger charge is -2.19. The van der Waals surface area contributed by atoms with Gasteiger partial charge in [0.25, 0.3) is 0 Å². The number of halogens is 3. The van der Waals surface area contributed by atoms with E-state index in [-0.39, 0.29) is 11.3 Å². The van der Waals surface area contributed by atoms with Crippen LogP contribution in [0.5, 0.6) is 0 Å². The van der Waals surface area contributed by atoms with Crippen LogP contribution in [0.25, 0.3) is 0 Å². The van der Waals surface area contributed by atoms with Gasteiger partial charge in [-0.2, -0.15) is 0 Å². The van der Waals surface area contributed by atoms with Gasteiger partial charge in [-0.05, 0) is 35.9 Å². The molecule has 0 spiro atoms. The first-order chi connectivity index (χ1) is 8.59. The standard InChI is InChI=1S/C14H12BrCl2N/c1-9(13-4-2-3-7-18-13)14(17)11-8-10(16)5-6-12(11)15/h2-9,14H,1H3. The Morgan fingerprint density at radius 3 is 2.67 bits per heavy atom. The summed E-state index contributed by atoms with van der Waals surface area (Å²) < 4.78 is 0.967. The molecule has 4 heteroatoms. The summed E-state index contributed by atoms with van der Waals surface area (Å²) in [5, 5.41) is 0.514. The second-order valence-electron chi connectivity index (χ2n) is 4.11. The first kappa shape index (κ1) is 13.9. The molecule has 0 N–H and O–H groups in total. The van der Waals surface area contributed by atoms with Gasteiger partial charge in [-0.25, -0.2) is 0 Å². The molecule has 2 rings (SSSR count). The van der Waals surface area contributed by atoms with Crippen LogP contribution < -0.4 is 0 Å². The molecular formula is C14H12BrCl2N. The summed E-state index contributed by atoms with van der Waals surface area (Å²) in [7, 11) is 0. The van der Waals surface area contributed by atoms with Crippen molar-refractivity contribution in [1.29, 1.82) is 0 Å². The summed E-state index contributed by atoms with van der Waals surface area (Å²) in [6, 6.07) is 11.5. The van der Waals surface area contributed by atoms with Crippen LogP contribution in [0.4, 0.5) is 0 Å². The average Bonchev–Trinajstić information content (AvgIpc) is 2.41. The van der Waals surface area contributed by atoms with Gasteiger partial charge in [-0.1, -0.05) is 40.5 Å². The monoisotopic (exact) mass is 343 g/mol. The number of benzene rings is 1. The van der Waals surface area contributed by atoms with Crippen molar-refractivity contribution in [3.63, 3.8) is 0 Å². The van der Waals surface area contributed by atoms with Gasteiger partial charge >= 0.3 is 0 Å². The lowest BCUT2D eigenvalue weighted by Crippen LogP contribution is -2.05. The second-order valence-corrected chi connectivity index (χ2v) is 5.87. The van der Waals surface area contributed by atoms with Crippen molar-refractivity contribution in [2.45, 2.75) is 18.2 Å². The van der Waals surface area contributed by atoms with Gasteiger partial charge in [0.1, 0.15) is 0 Å². The minimum absolute atomic E-state index is 0.114. The topological polar surface area (TPSA) is 12.9 Å². The fraction of sp³-hybridized carbons (Fsp3) is 0.214. The van der Waals surface area contributed by atoms with Crippen molar-refractivity contribution in [3.8, 4) is 0 Å². The molecule has 0 radical (unpaired) electrons. The average molecular weight is 345 g/mol. The molecule has 1 nitrogen and oxygen atoms in total. The largest absolute Gasteiger partial charge is 0.261 e. The summed E-state index contributed by atoms with van der Waals surface area (Å²) in [6.45, 7) is 2.06. The van der Waals surface area contributed by atoms with E-state index in [1.165, 1.54) is 0 Å². The van der Waals surface area contributed by atoms with Gasteiger partial charge in [0.05, 0.1) is 5.38 Å². The predicted molar refractivity (Wildman–Crippen MR) is 80.4 cm³/mol. The van der Waals surface area contributed by atoms with E-state index < -0.39 is 0 Å². The zero-order valence-corrected chi connectivity index (χ0v) is 12.9. The highest BCUT2D eigenvalue weighted by Gasteiger charge is 2.21. The highest BCUT2D eigenvalue weighted by Crippen LogP contribution is 2.39. The highest BCUT2D eigenvalue weighted by molar-refractivity contribution is 9.10. The molecule has 0 saturated heterocycles. The van der Waals surface area contributed by atoms with Crippen LogP contribution in [0.15, 0.2) is 47.1 Å². The normalized spacial score (nSPS) is 14.2. The Bertz CT molecular complexity index is 531. The van der Waals surface area contributed by atoms with Crippen LogP contribution in [0.2, 0.25) is 5.02 Å². The van der Waals surface area contributed by atoms with Crippen LogP contribution in [-0.4, -0.2) is 4.98 Å². The number of aromatic nitrogens is 1. The lowest BCUT2D eigenvalue weighted by atomic mass is 9.97. The predicted octanol–water partition coefficient (Wildman–Crippen LogP) is 5.58. The third-order valence-electron chi connectivity index (χ3n) is 2.85. The molecule has 0 aliphatic carbocycles. The summed E-state index contributed by atoms with van der Waals surface area (Å²) >= 11 is 16.1. The number of alkyl halides is 1. The third-order valence-corrected chi connectivity index (χ3v) is 4.42. The van der Waals surface area contributed by atoms with Crippen molar-refractivity contribution in [1.82, 2.24) is 4.98 Å². The number of nitrogens with zero attached hydrogens (tertiary/aromatic N) is 1. The van der Waals surface area contributed by atoms with E-state index in [4.69, 9.17) is 23.2 Å². The maximum absolute atomic E-state index is 6.54. The first-order valence-electron chi connectivity index (χ1n) is 5.59. The van der Waals surface area contributed by atoms with Crippen LogP contribution in [0.3, 0.4) is 0 Å². The van der Waals surface area contributed by atoms with E-state index in [0.717, 1.165) is 15.7 Å². The maximum Gasteiger partial charge on any atom is 0.0677 e. The van der Waals surface area contributed by atoms with Crippen LogP contribution in [0.1, 0.15) is 29.5 Å². The number of hydrogen-bond acceptors (Lipinski definition) is 1. The molecule has 0 amide bonds.